The zero-order valence-corrected chi connectivity index (χ0v) is 11.0. The monoisotopic (exact) mass is 262 g/mol. The Morgan fingerprint density at radius 1 is 1.37 bits per heavy atom. The number of esters is 1. The summed E-state index contributed by atoms with van der Waals surface area (Å²) >= 11 is 0. The molecule has 1 heterocycles. The van der Waals surface area contributed by atoms with Crippen LogP contribution in [0.15, 0.2) is 36.0 Å². The van der Waals surface area contributed by atoms with Crippen LogP contribution >= 0.6 is 0 Å². The van der Waals surface area contributed by atoms with Gasteiger partial charge in [0.1, 0.15) is 6.10 Å². The number of ketones is 1. The summed E-state index contributed by atoms with van der Waals surface area (Å²) in [7, 11) is 0. The van der Waals surface area contributed by atoms with Crippen molar-refractivity contribution in [1.82, 2.24) is 0 Å². The maximum atomic E-state index is 11.8. The minimum Gasteiger partial charge on any atom is -0.454 e. The smallest absolute Gasteiger partial charge is 0.334 e. The zero-order valence-electron chi connectivity index (χ0n) is 11.0. The molecule has 0 aromatic rings. The molecule has 1 saturated heterocycles. The Kier molecular flexibility index (Phi) is 3.71. The predicted molar refractivity (Wildman–Crippen MR) is 70.3 cm³/mol. The number of allylic oxidation sites excluding steroid dienone is 1. The number of fused-ring (bicyclic) bond motifs is 1. The van der Waals surface area contributed by atoms with E-state index in [0.717, 1.165) is 0 Å². The summed E-state index contributed by atoms with van der Waals surface area (Å²) in [6.07, 6.45) is 1.63. The molecule has 1 N–H and O–H groups in total. The van der Waals surface area contributed by atoms with Crippen molar-refractivity contribution < 1.29 is 19.4 Å². The second-order valence-corrected chi connectivity index (χ2v) is 5.20. The van der Waals surface area contributed by atoms with Crippen LogP contribution < -0.4 is 0 Å². The fourth-order valence-electron chi connectivity index (χ4n) is 2.44. The highest BCUT2D eigenvalue weighted by Gasteiger charge is 2.38. The first-order chi connectivity index (χ1) is 8.90. The number of carbonyl (C=O) groups excluding carboxylic acids is 2. The van der Waals surface area contributed by atoms with E-state index in [2.05, 4.69) is 13.2 Å². The number of aliphatic hydroxyl groups excluding tert-OH is 1. The number of hydrogen-bond donors (Lipinski definition) is 1. The zero-order chi connectivity index (χ0) is 14.2. The minimum atomic E-state index is -0.851. The first-order valence-electron chi connectivity index (χ1n) is 6.37. The van der Waals surface area contributed by atoms with E-state index < -0.39 is 18.2 Å². The molecule has 2 aliphatic rings. The normalized spacial score (nSPS) is 35.5. The van der Waals surface area contributed by atoms with Gasteiger partial charge in [0.05, 0.1) is 6.10 Å². The van der Waals surface area contributed by atoms with Gasteiger partial charge in [0, 0.05) is 17.9 Å². The van der Waals surface area contributed by atoms with E-state index in [1.54, 1.807) is 13.0 Å². The molecule has 4 heteroatoms. The molecule has 0 amide bonds. The van der Waals surface area contributed by atoms with Gasteiger partial charge in [0.2, 0.25) is 0 Å². The fraction of sp³-hybridized carbons (Fsp3) is 0.467. The van der Waals surface area contributed by atoms with Crippen molar-refractivity contribution in [2.24, 2.45) is 5.92 Å². The Balaban J connectivity index is 2.32. The van der Waals surface area contributed by atoms with Crippen molar-refractivity contribution in [3.8, 4) is 0 Å². The van der Waals surface area contributed by atoms with E-state index in [0.29, 0.717) is 29.6 Å². The molecule has 1 fully saturated rings. The number of Topliss-reactive ketones (excluding diaryl/α,β-unsaturated/α-hetero) is 1. The molecular weight excluding hydrogens is 244 g/mol. The van der Waals surface area contributed by atoms with Crippen molar-refractivity contribution in [2.75, 3.05) is 0 Å². The first-order valence-corrected chi connectivity index (χ1v) is 6.37. The van der Waals surface area contributed by atoms with Gasteiger partial charge in [0.25, 0.3) is 0 Å². The van der Waals surface area contributed by atoms with E-state index in [4.69, 9.17) is 4.74 Å². The number of hydrogen-bond acceptors (Lipinski definition) is 4. The molecular formula is C15H18O4. The second-order valence-electron chi connectivity index (χ2n) is 5.20. The van der Waals surface area contributed by atoms with Crippen molar-refractivity contribution in [1.29, 1.82) is 0 Å². The van der Waals surface area contributed by atoms with Crippen LogP contribution in [-0.4, -0.2) is 29.1 Å². The minimum absolute atomic E-state index is 0.0352. The van der Waals surface area contributed by atoms with E-state index in [1.807, 2.05) is 0 Å². The standard InChI is InChI=1S/C15H18O4/c1-8-4-5-11-10(3)15(18)19-14(11)6-9(2)13(17)7-12(8)16/h6,11,13-14,17H,1,3-5,7H2,2H3/b9-6+/t11-,13-,14+/m0/s1. The molecule has 0 aromatic heterocycles. The lowest BCUT2D eigenvalue weighted by Gasteiger charge is -2.20. The quantitative estimate of drug-likeness (QED) is 0.410. The third kappa shape index (κ3) is 2.68. The molecule has 0 saturated carbocycles. The maximum Gasteiger partial charge on any atom is 0.334 e. The van der Waals surface area contributed by atoms with Gasteiger partial charge in [-0.05, 0) is 37.0 Å². The van der Waals surface area contributed by atoms with Crippen molar-refractivity contribution in [3.63, 3.8) is 0 Å². The van der Waals surface area contributed by atoms with Crippen molar-refractivity contribution in [3.05, 3.63) is 36.0 Å². The average molecular weight is 262 g/mol. The number of rotatable bonds is 0. The molecule has 4 nitrogen and oxygen atoms in total. The van der Waals surface area contributed by atoms with Crippen LogP contribution in [0.2, 0.25) is 0 Å². The Bertz CT molecular complexity index is 486. The van der Waals surface area contributed by atoms with Gasteiger partial charge in [-0.2, -0.15) is 0 Å². The van der Waals surface area contributed by atoms with Crippen LogP contribution in [0.1, 0.15) is 26.2 Å². The summed E-state index contributed by atoms with van der Waals surface area (Å²) in [6.45, 7) is 9.23. The van der Waals surface area contributed by atoms with Gasteiger partial charge in [-0.3, -0.25) is 4.79 Å². The highest BCUT2D eigenvalue weighted by molar-refractivity contribution is 5.95. The van der Waals surface area contributed by atoms with E-state index in [9.17, 15) is 14.7 Å². The van der Waals surface area contributed by atoms with Gasteiger partial charge in [-0.1, -0.05) is 13.2 Å². The topological polar surface area (TPSA) is 63.6 Å². The van der Waals surface area contributed by atoms with Crippen LogP contribution in [0.3, 0.4) is 0 Å². The summed E-state index contributed by atoms with van der Waals surface area (Å²) in [4.78, 5) is 23.4. The van der Waals surface area contributed by atoms with Gasteiger partial charge in [-0.25, -0.2) is 4.79 Å². The summed E-state index contributed by atoms with van der Waals surface area (Å²) in [5.41, 5.74) is 1.56. The molecule has 0 spiro atoms. The molecule has 0 bridgehead atoms. The lowest BCUT2D eigenvalue weighted by Crippen LogP contribution is -2.22. The number of aliphatic hydroxyl groups is 1. The molecule has 19 heavy (non-hydrogen) atoms. The first kappa shape index (κ1) is 13.7. The third-order valence-electron chi connectivity index (χ3n) is 3.83. The Labute approximate surface area is 112 Å². The van der Waals surface area contributed by atoms with Gasteiger partial charge >= 0.3 is 5.97 Å². The molecule has 102 valence electrons. The summed E-state index contributed by atoms with van der Waals surface area (Å²) in [5.74, 6) is -0.670. The number of ether oxygens (including phenoxy) is 1. The Morgan fingerprint density at radius 2 is 2.05 bits per heavy atom. The lowest BCUT2D eigenvalue weighted by atomic mass is 9.86. The highest BCUT2D eigenvalue weighted by atomic mass is 16.5. The van der Waals surface area contributed by atoms with Crippen molar-refractivity contribution in [2.45, 2.75) is 38.4 Å². The Hall–Kier alpha value is -1.68. The largest absolute Gasteiger partial charge is 0.454 e. The summed E-state index contributed by atoms with van der Waals surface area (Å²) < 4.78 is 5.25. The molecule has 1 aliphatic carbocycles. The highest BCUT2D eigenvalue weighted by Crippen LogP contribution is 2.34. The Morgan fingerprint density at radius 3 is 2.74 bits per heavy atom. The molecule has 2 rings (SSSR count). The van der Waals surface area contributed by atoms with Gasteiger partial charge in [-0.15, -0.1) is 0 Å². The average Bonchev–Trinajstić information content (AvgIpc) is 2.61. The molecule has 3 atom stereocenters. The van der Waals surface area contributed by atoms with E-state index in [1.165, 1.54) is 0 Å². The summed E-state index contributed by atoms with van der Waals surface area (Å²) in [6, 6.07) is 0. The van der Waals surface area contributed by atoms with E-state index >= 15 is 0 Å². The van der Waals surface area contributed by atoms with E-state index in [-0.39, 0.29) is 18.1 Å². The lowest BCUT2D eigenvalue weighted by molar-refractivity contribution is -0.137. The van der Waals surface area contributed by atoms with Crippen LogP contribution in [0.5, 0.6) is 0 Å². The van der Waals surface area contributed by atoms with Crippen LogP contribution in [0.4, 0.5) is 0 Å². The predicted octanol–water partition coefficient (Wildman–Crippen LogP) is 1.70. The van der Waals surface area contributed by atoms with Crippen LogP contribution in [0, 0.1) is 5.92 Å². The molecule has 0 radical (unpaired) electrons. The van der Waals surface area contributed by atoms with Crippen LogP contribution in [0.25, 0.3) is 0 Å². The number of carbonyl (C=O) groups is 2. The summed E-state index contributed by atoms with van der Waals surface area (Å²) in [5, 5.41) is 9.95. The molecule has 1 aliphatic heterocycles. The SMILES string of the molecule is C=C1CC[C@H]2C(=C)C(=O)O[C@@H]2/C=C(\C)[C@@H](O)CC1=O. The maximum absolute atomic E-state index is 11.8. The van der Waals surface area contributed by atoms with Crippen molar-refractivity contribution >= 4 is 11.8 Å². The molecule has 0 unspecified atom stereocenters. The van der Waals surface area contributed by atoms with Crippen LogP contribution in [-0.2, 0) is 14.3 Å². The van der Waals surface area contributed by atoms with Gasteiger partial charge < -0.3 is 9.84 Å². The fourth-order valence-corrected chi connectivity index (χ4v) is 2.44. The molecule has 0 aromatic carbocycles. The third-order valence-corrected chi connectivity index (χ3v) is 3.83. The van der Waals surface area contributed by atoms with Gasteiger partial charge in [0.15, 0.2) is 5.78 Å². The second kappa shape index (κ2) is 5.13.